The summed E-state index contributed by atoms with van der Waals surface area (Å²) in [4.78, 5) is 17.1. The van der Waals surface area contributed by atoms with E-state index in [4.69, 9.17) is 0 Å². The maximum atomic E-state index is 12.3. The van der Waals surface area contributed by atoms with Crippen molar-refractivity contribution in [1.82, 2.24) is 4.57 Å². The van der Waals surface area contributed by atoms with Crippen LogP contribution in [0.5, 0.6) is 0 Å². The standard InChI is InChI=1S/C20H22N2O3S2/c1-3-22-17-10-9-15(2)13-18(17)26-20(22)21-19(23)11-12-27(24,25)14-16-7-5-4-6-8-16/h4-10,13H,3,11-12,14H2,1-2H3. The smallest absolute Gasteiger partial charge is 0.249 e. The van der Waals surface area contributed by atoms with Gasteiger partial charge in [-0.2, -0.15) is 4.99 Å². The molecule has 0 spiro atoms. The molecule has 3 rings (SSSR count). The van der Waals surface area contributed by atoms with Crippen LogP contribution in [-0.2, 0) is 26.9 Å². The van der Waals surface area contributed by atoms with Crippen LogP contribution in [-0.4, -0.2) is 24.6 Å². The molecule has 5 nitrogen and oxygen atoms in total. The van der Waals surface area contributed by atoms with Gasteiger partial charge in [0, 0.05) is 13.0 Å². The summed E-state index contributed by atoms with van der Waals surface area (Å²) < 4.78 is 27.6. The summed E-state index contributed by atoms with van der Waals surface area (Å²) in [5, 5.41) is 0. The molecule has 3 aromatic rings. The van der Waals surface area contributed by atoms with E-state index in [1.807, 2.05) is 36.6 Å². The zero-order chi connectivity index (χ0) is 19.4. The lowest BCUT2D eigenvalue weighted by molar-refractivity contribution is -0.117. The third kappa shape index (κ3) is 4.93. The highest BCUT2D eigenvalue weighted by atomic mass is 32.2. The van der Waals surface area contributed by atoms with Gasteiger partial charge in [-0.1, -0.05) is 47.7 Å². The molecule has 27 heavy (non-hydrogen) atoms. The molecule has 0 aliphatic rings. The van der Waals surface area contributed by atoms with Crippen LogP contribution in [0.25, 0.3) is 10.2 Å². The number of rotatable bonds is 6. The highest BCUT2D eigenvalue weighted by Crippen LogP contribution is 2.19. The van der Waals surface area contributed by atoms with E-state index in [0.717, 1.165) is 21.3 Å². The number of thiazole rings is 1. The normalized spacial score (nSPS) is 12.6. The first kappa shape index (κ1) is 19.5. The van der Waals surface area contributed by atoms with Crippen LogP contribution in [0, 0.1) is 6.92 Å². The first-order valence-corrected chi connectivity index (χ1v) is 11.4. The van der Waals surface area contributed by atoms with E-state index in [0.29, 0.717) is 11.3 Å². The van der Waals surface area contributed by atoms with E-state index in [2.05, 4.69) is 11.1 Å². The Labute approximate surface area is 162 Å². The van der Waals surface area contributed by atoms with Crippen molar-refractivity contribution in [2.75, 3.05) is 5.75 Å². The van der Waals surface area contributed by atoms with E-state index in [-0.39, 0.29) is 17.9 Å². The summed E-state index contributed by atoms with van der Waals surface area (Å²) in [5.41, 5.74) is 2.92. The second kappa shape index (κ2) is 8.19. The van der Waals surface area contributed by atoms with Crippen molar-refractivity contribution in [3.8, 4) is 0 Å². The molecule has 0 saturated heterocycles. The van der Waals surface area contributed by atoms with Crippen LogP contribution in [0.3, 0.4) is 0 Å². The molecule has 0 N–H and O–H groups in total. The van der Waals surface area contributed by atoms with Gasteiger partial charge in [0.25, 0.3) is 0 Å². The van der Waals surface area contributed by atoms with Gasteiger partial charge in [0.05, 0.1) is 21.7 Å². The molecule has 0 unspecified atom stereocenters. The molecule has 0 aliphatic carbocycles. The Bertz CT molecular complexity index is 1130. The fraction of sp³-hybridized carbons (Fsp3) is 0.300. The monoisotopic (exact) mass is 402 g/mol. The van der Waals surface area contributed by atoms with Gasteiger partial charge in [-0.05, 0) is 37.1 Å². The van der Waals surface area contributed by atoms with Crippen molar-refractivity contribution >= 4 is 37.3 Å². The van der Waals surface area contributed by atoms with Crippen LogP contribution in [0.2, 0.25) is 0 Å². The first-order chi connectivity index (χ1) is 12.9. The largest absolute Gasteiger partial charge is 0.317 e. The summed E-state index contributed by atoms with van der Waals surface area (Å²) >= 11 is 1.45. The molecule has 142 valence electrons. The number of sulfone groups is 1. The topological polar surface area (TPSA) is 68.5 Å². The Morgan fingerprint density at radius 3 is 2.59 bits per heavy atom. The van der Waals surface area contributed by atoms with Gasteiger partial charge in [-0.3, -0.25) is 4.79 Å². The van der Waals surface area contributed by atoms with Gasteiger partial charge >= 0.3 is 0 Å². The Balaban J connectivity index is 1.76. The number of benzene rings is 2. The van der Waals surface area contributed by atoms with Gasteiger partial charge in [-0.15, -0.1) is 0 Å². The Hall–Kier alpha value is -2.25. The van der Waals surface area contributed by atoms with E-state index in [1.165, 1.54) is 11.3 Å². The highest BCUT2D eigenvalue weighted by molar-refractivity contribution is 7.90. The zero-order valence-electron chi connectivity index (χ0n) is 15.4. The number of amides is 1. The minimum atomic E-state index is -3.35. The quantitative estimate of drug-likeness (QED) is 0.634. The average Bonchev–Trinajstić information content (AvgIpc) is 2.96. The summed E-state index contributed by atoms with van der Waals surface area (Å²) in [6.45, 7) is 4.72. The average molecular weight is 403 g/mol. The van der Waals surface area contributed by atoms with Gasteiger partial charge in [0.2, 0.25) is 5.91 Å². The number of hydrogen-bond acceptors (Lipinski definition) is 4. The lowest BCUT2D eigenvalue weighted by atomic mass is 10.2. The molecule has 2 aromatic carbocycles. The molecular weight excluding hydrogens is 380 g/mol. The predicted molar refractivity (Wildman–Crippen MR) is 109 cm³/mol. The number of carbonyl (C=O) groups is 1. The van der Waals surface area contributed by atoms with Crippen LogP contribution in [0.15, 0.2) is 53.5 Å². The van der Waals surface area contributed by atoms with Crippen LogP contribution in [0.4, 0.5) is 0 Å². The fourth-order valence-corrected chi connectivity index (χ4v) is 5.42. The molecule has 7 heteroatoms. The third-order valence-corrected chi connectivity index (χ3v) is 6.87. The van der Waals surface area contributed by atoms with Crippen molar-refractivity contribution < 1.29 is 13.2 Å². The van der Waals surface area contributed by atoms with E-state index in [1.54, 1.807) is 24.3 Å². The molecule has 1 heterocycles. The molecule has 1 amide bonds. The summed E-state index contributed by atoms with van der Waals surface area (Å²) in [6.07, 6.45) is -0.105. The van der Waals surface area contributed by atoms with E-state index in [9.17, 15) is 13.2 Å². The fourth-order valence-electron chi connectivity index (χ4n) is 2.88. The molecule has 0 saturated carbocycles. The molecule has 1 aromatic heterocycles. The van der Waals surface area contributed by atoms with Crippen molar-refractivity contribution in [3.63, 3.8) is 0 Å². The van der Waals surface area contributed by atoms with Gasteiger partial charge < -0.3 is 4.57 Å². The van der Waals surface area contributed by atoms with Crippen molar-refractivity contribution in [3.05, 3.63) is 64.5 Å². The van der Waals surface area contributed by atoms with E-state index >= 15 is 0 Å². The minimum Gasteiger partial charge on any atom is -0.317 e. The summed E-state index contributed by atoms with van der Waals surface area (Å²) in [6, 6.07) is 15.1. The number of fused-ring (bicyclic) bond motifs is 1. The molecular formula is C20H22N2O3S2. The van der Waals surface area contributed by atoms with Crippen molar-refractivity contribution in [2.24, 2.45) is 4.99 Å². The second-order valence-corrected chi connectivity index (χ2v) is 9.63. The van der Waals surface area contributed by atoms with Crippen LogP contribution < -0.4 is 4.80 Å². The number of aromatic nitrogens is 1. The summed E-state index contributed by atoms with van der Waals surface area (Å²) in [5.74, 6) is -0.657. The van der Waals surface area contributed by atoms with Gasteiger partial charge in [0.1, 0.15) is 0 Å². The van der Waals surface area contributed by atoms with Crippen LogP contribution in [0.1, 0.15) is 24.5 Å². The Morgan fingerprint density at radius 2 is 1.89 bits per heavy atom. The SMILES string of the molecule is CCn1c(=NC(=O)CCS(=O)(=O)Cc2ccccc2)sc2cc(C)ccc21. The molecule has 0 radical (unpaired) electrons. The lowest BCUT2D eigenvalue weighted by Gasteiger charge is -2.03. The number of aryl methyl sites for hydroxylation is 2. The second-order valence-electron chi connectivity index (χ2n) is 6.43. The van der Waals surface area contributed by atoms with Gasteiger partial charge in [0.15, 0.2) is 14.6 Å². The minimum absolute atomic E-state index is 0.0573. The van der Waals surface area contributed by atoms with Crippen molar-refractivity contribution in [2.45, 2.75) is 32.6 Å². The maximum absolute atomic E-state index is 12.3. The third-order valence-electron chi connectivity index (χ3n) is 4.23. The van der Waals surface area contributed by atoms with E-state index < -0.39 is 15.7 Å². The first-order valence-electron chi connectivity index (χ1n) is 8.80. The van der Waals surface area contributed by atoms with Gasteiger partial charge in [-0.25, -0.2) is 8.42 Å². The zero-order valence-corrected chi connectivity index (χ0v) is 17.0. The highest BCUT2D eigenvalue weighted by Gasteiger charge is 2.15. The molecule has 0 aliphatic heterocycles. The number of hydrogen-bond donors (Lipinski definition) is 0. The molecule has 0 atom stereocenters. The number of nitrogens with zero attached hydrogens (tertiary/aromatic N) is 2. The predicted octanol–water partition coefficient (Wildman–Crippen LogP) is 3.46. The molecule has 0 fully saturated rings. The Kier molecular flexibility index (Phi) is 5.92. The summed E-state index contributed by atoms with van der Waals surface area (Å²) in [7, 11) is -3.35. The molecule has 0 bridgehead atoms. The lowest BCUT2D eigenvalue weighted by Crippen LogP contribution is -2.18. The van der Waals surface area contributed by atoms with Crippen molar-refractivity contribution in [1.29, 1.82) is 0 Å². The maximum Gasteiger partial charge on any atom is 0.249 e. The van der Waals surface area contributed by atoms with Crippen LogP contribution >= 0.6 is 11.3 Å². The number of carbonyl (C=O) groups excluding carboxylic acids is 1. The Morgan fingerprint density at radius 1 is 1.15 bits per heavy atom.